The number of halogens is 1. The van der Waals surface area contributed by atoms with E-state index in [0.717, 1.165) is 40.5 Å². The molecule has 2 N–H and O–H groups in total. The van der Waals surface area contributed by atoms with Gasteiger partial charge in [0, 0.05) is 43.4 Å². The summed E-state index contributed by atoms with van der Waals surface area (Å²) < 4.78 is 0. The van der Waals surface area contributed by atoms with Crippen LogP contribution in [0.3, 0.4) is 0 Å². The number of benzene rings is 1. The molecular formula is C31H48ClN2U-. The molecule has 35 heavy (non-hydrogen) atoms. The molecule has 0 unspecified atom stereocenters. The van der Waals surface area contributed by atoms with Gasteiger partial charge in [-0.2, -0.15) is 0 Å². The summed E-state index contributed by atoms with van der Waals surface area (Å²) in [4.78, 5) is 4.68. The van der Waals surface area contributed by atoms with Gasteiger partial charge in [-0.15, -0.1) is 41.4 Å². The van der Waals surface area contributed by atoms with E-state index < -0.39 is 0 Å². The van der Waals surface area contributed by atoms with Crippen LogP contribution in [-0.4, -0.2) is 12.3 Å². The first-order chi connectivity index (χ1) is 16.3. The first-order valence-electron chi connectivity index (χ1n) is 13.0. The number of aliphatic imine (C=N–C) groups is 1. The van der Waals surface area contributed by atoms with Gasteiger partial charge in [-0.3, -0.25) is 0 Å². The van der Waals surface area contributed by atoms with Crippen LogP contribution in [0.4, 0.5) is 0 Å². The third kappa shape index (κ3) is 15.7. The second-order valence-corrected chi connectivity index (χ2v) is 9.21. The van der Waals surface area contributed by atoms with Crippen LogP contribution in [0, 0.1) is 43.1 Å². The average molecular weight is 722 g/mol. The van der Waals surface area contributed by atoms with Crippen LogP contribution in [-0.2, 0) is 0 Å². The fourth-order valence-corrected chi connectivity index (χ4v) is 3.32. The zero-order valence-corrected chi connectivity index (χ0v) is 28.4. The number of nitrogens with two attached hydrogens (primary N) is 1. The fourth-order valence-electron chi connectivity index (χ4n) is 3.20. The van der Waals surface area contributed by atoms with Gasteiger partial charge in [0.25, 0.3) is 0 Å². The van der Waals surface area contributed by atoms with E-state index in [2.05, 4.69) is 63.9 Å². The second-order valence-electron chi connectivity index (χ2n) is 8.78. The van der Waals surface area contributed by atoms with E-state index in [0.29, 0.717) is 11.6 Å². The summed E-state index contributed by atoms with van der Waals surface area (Å²) in [5.41, 5.74) is 12.1. The Morgan fingerprint density at radius 3 is 2.40 bits per heavy atom. The summed E-state index contributed by atoms with van der Waals surface area (Å²) in [6, 6.07) is 8.76. The molecule has 0 radical (unpaired) electrons. The number of rotatable bonds is 9. The third-order valence-electron chi connectivity index (χ3n) is 5.52. The van der Waals surface area contributed by atoms with Gasteiger partial charge in [-0.25, -0.2) is 0 Å². The zero-order chi connectivity index (χ0) is 25.9. The molecule has 1 aromatic rings. The van der Waals surface area contributed by atoms with Crippen molar-refractivity contribution in [2.75, 3.05) is 6.54 Å². The molecule has 0 spiro atoms. The monoisotopic (exact) mass is 721 g/mol. The number of hydrogen-bond donors (Lipinski definition) is 1. The van der Waals surface area contributed by atoms with E-state index in [9.17, 15) is 0 Å². The minimum atomic E-state index is 0. The number of unbranched alkanes of at least 4 members (excludes halogenated alkanes) is 3. The van der Waals surface area contributed by atoms with Gasteiger partial charge < -0.3 is 10.7 Å². The fraction of sp³-hybridized carbons (Fsp3) is 0.516. The number of allylic oxidation sites excluding steroid dienone is 6. The summed E-state index contributed by atoms with van der Waals surface area (Å²) in [6.45, 7) is 17.7. The molecule has 0 atom stereocenters. The average Bonchev–Trinajstić information content (AvgIpc) is 2.97. The normalized spacial score (nSPS) is 13.7. The molecule has 2 nitrogen and oxygen atoms in total. The Morgan fingerprint density at radius 1 is 1.17 bits per heavy atom. The summed E-state index contributed by atoms with van der Waals surface area (Å²) >= 11 is 5.97. The maximum absolute atomic E-state index is 6.14. The largest absolute Gasteiger partial charge is 0.399 e. The van der Waals surface area contributed by atoms with Crippen LogP contribution in [0.2, 0.25) is 5.02 Å². The summed E-state index contributed by atoms with van der Waals surface area (Å²) in [5, 5.41) is 0.667. The molecule has 0 aromatic heterocycles. The van der Waals surface area contributed by atoms with Crippen molar-refractivity contribution in [2.45, 2.75) is 93.9 Å². The van der Waals surface area contributed by atoms with Crippen molar-refractivity contribution < 1.29 is 31.1 Å². The van der Waals surface area contributed by atoms with Crippen LogP contribution in [0.1, 0.15) is 99.5 Å². The summed E-state index contributed by atoms with van der Waals surface area (Å²) in [6.07, 6.45) is 16.3. The Bertz CT molecular complexity index is 843. The maximum Gasteiger partial charge on any atom is 0.0493 e. The van der Waals surface area contributed by atoms with Crippen LogP contribution < -0.4 is 5.73 Å². The van der Waals surface area contributed by atoms with E-state index >= 15 is 0 Å². The van der Waals surface area contributed by atoms with Crippen molar-refractivity contribution in [3.63, 3.8) is 0 Å². The standard InChI is InChI=1S/C20H22ClN2.C9H20.C2H6.U/c1-4-14(2)6-5-7-18-15(3)19(22)12-13-23-20(18)16-8-10-17(21)11-9-16;1-4-5-6-7-8-9(2)3;1-2;/h5-8,10-12H,4,13,22H2,1-3H3;9H,4-8H2,1-3H3;1-2H3;/q-1;;;/b7-5-,14-6?;;;. The van der Waals surface area contributed by atoms with Crippen LogP contribution in [0.25, 0.3) is 0 Å². The molecule has 4 heteroatoms. The van der Waals surface area contributed by atoms with Crippen molar-refractivity contribution in [1.29, 1.82) is 0 Å². The van der Waals surface area contributed by atoms with Crippen LogP contribution >= 0.6 is 11.6 Å². The van der Waals surface area contributed by atoms with E-state index in [-0.39, 0.29) is 31.1 Å². The number of hydrogen-bond acceptors (Lipinski definition) is 2. The predicted octanol–water partition coefficient (Wildman–Crippen LogP) is 9.65. The molecule has 1 aromatic carbocycles. The van der Waals surface area contributed by atoms with E-state index in [1.165, 1.54) is 37.7 Å². The number of nitrogens with zero attached hydrogens (tertiary/aromatic N) is 1. The quantitative estimate of drug-likeness (QED) is 0.154. The van der Waals surface area contributed by atoms with Crippen LogP contribution in [0.15, 0.2) is 69.9 Å². The van der Waals surface area contributed by atoms with Gasteiger partial charge in [0.15, 0.2) is 0 Å². The molecule has 2 rings (SSSR count). The molecule has 0 fully saturated rings. The van der Waals surface area contributed by atoms with Gasteiger partial charge in [-0.1, -0.05) is 97.4 Å². The zero-order valence-electron chi connectivity index (χ0n) is 23.5. The maximum atomic E-state index is 6.14. The minimum Gasteiger partial charge on any atom is -0.399 e. The molecular weight excluding hydrogens is 674 g/mol. The van der Waals surface area contributed by atoms with E-state index in [1.807, 2.05) is 39.0 Å². The minimum absolute atomic E-state index is 0. The molecule has 1 aliphatic rings. The Hall–Kier alpha value is -1.01. The molecule has 1 aliphatic heterocycles. The van der Waals surface area contributed by atoms with Crippen molar-refractivity contribution in [1.82, 2.24) is 0 Å². The van der Waals surface area contributed by atoms with E-state index in [1.54, 1.807) is 6.07 Å². The summed E-state index contributed by atoms with van der Waals surface area (Å²) in [5.74, 6) is 0.904. The van der Waals surface area contributed by atoms with Crippen LogP contribution in [0.5, 0.6) is 0 Å². The Labute approximate surface area is 245 Å². The van der Waals surface area contributed by atoms with Gasteiger partial charge in [-0.05, 0) is 54.1 Å². The molecule has 0 saturated heterocycles. The van der Waals surface area contributed by atoms with Crippen molar-refractivity contribution in [2.24, 2.45) is 16.6 Å². The Kier molecular flexibility index (Phi) is 22.9. The molecule has 0 amide bonds. The SMILES string of the molecule is CC.CCC(C)=C/C=C\C1=C(C)C(N)=CCN=C1c1[c-]cc(Cl)cc1.CCCCCCC(C)C.[U]. The van der Waals surface area contributed by atoms with Gasteiger partial charge in [0.2, 0.25) is 0 Å². The van der Waals surface area contributed by atoms with Crippen molar-refractivity contribution in [3.05, 3.63) is 81.6 Å². The Morgan fingerprint density at radius 2 is 1.86 bits per heavy atom. The van der Waals surface area contributed by atoms with Crippen molar-refractivity contribution >= 4 is 17.3 Å². The predicted molar refractivity (Wildman–Crippen MR) is 155 cm³/mol. The third-order valence-corrected chi connectivity index (χ3v) is 5.75. The smallest absolute Gasteiger partial charge is 0.0493 e. The molecule has 0 aliphatic carbocycles. The first-order valence-corrected chi connectivity index (χ1v) is 13.4. The molecule has 194 valence electrons. The van der Waals surface area contributed by atoms with Gasteiger partial charge in [0.1, 0.15) is 0 Å². The van der Waals surface area contributed by atoms with E-state index in [4.69, 9.17) is 17.3 Å². The second kappa shape index (κ2) is 22.2. The van der Waals surface area contributed by atoms with Gasteiger partial charge >= 0.3 is 0 Å². The van der Waals surface area contributed by atoms with Crippen molar-refractivity contribution in [3.8, 4) is 0 Å². The summed E-state index contributed by atoms with van der Waals surface area (Å²) in [7, 11) is 0. The molecule has 0 saturated carbocycles. The molecule has 1 heterocycles. The Balaban J connectivity index is 0. The topological polar surface area (TPSA) is 38.4 Å². The molecule has 0 bridgehead atoms. The van der Waals surface area contributed by atoms with Gasteiger partial charge in [0.05, 0.1) is 0 Å². The first kappa shape index (κ1) is 36.2.